The molecule has 0 aliphatic carbocycles. The number of likely N-dealkylation sites (tertiary alicyclic amines) is 1. The maximum atomic E-state index is 14.0. The number of nitrogens with two attached hydrogens (primary N) is 1. The molecule has 5 heteroatoms. The van der Waals surface area contributed by atoms with Crippen LogP contribution >= 0.6 is 0 Å². The number of carbonyl (C=O) groups is 1. The number of carbonyl (C=O) groups excluding carboxylic acids is 1. The molecule has 21 heavy (non-hydrogen) atoms. The van der Waals surface area contributed by atoms with E-state index in [1.54, 1.807) is 12.1 Å². The maximum absolute atomic E-state index is 14.0. The second-order valence-corrected chi connectivity index (χ2v) is 5.65. The topological polar surface area (TPSA) is 66.6 Å². The highest BCUT2D eigenvalue weighted by molar-refractivity contribution is 5.81. The van der Waals surface area contributed by atoms with Gasteiger partial charge in [0.05, 0.1) is 5.41 Å². The Morgan fingerprint density at radius 1 is 1.57 bits per heavy atom. The predicted octanol–water partition coefficient (Wildman–Crippen LogP) is 0.867. The summed E-state index contributed by atoms with van der Waals surface area (Å²) in [4.78, 5) is 13.4. The molecule has 3 N–H and O–H groups in total. The average Bonchev–Trinajstić information content (AvgIpc) is 2.82. The molecule has 0 aromatic heterocycles. The molecule has 1 unspecified atom stereocenters. The standard InChI is InChI=1S/C16H19FN2O2/c1-16(15(18)21)6-7-19(11-16)10-13-5-4-12(3-2-8-20)9-14(13)17/h4-5,9,20H,6-8,10-11H2,1H3,(H2,18,21). The monoisotopic (exact) mass is 290 g/mol. The molecule has 1 atom stereocenters. The fourth-order valence-corrected chi connectivity index (χ4v) is 2.53. The summed E-state index contributed by atoms with van der Waals surface area (Å²) < 4.78 is 14.0. The van der Waals surface area contributed by atoms with Crippen LogP contribution in [-0.4, -0.2) is 35.6 Å². The van der Waals surface area contributed by atoms with Crippen molar-refractivity contribution in [2.75, 3.05) is 19.7 Å². The lowest BCUT2D eigenvalue weighted by molar-refractivity contribution is -0.126. The van der Waals surface area contributed by atoms with Gasteiger partial charge in [-0.15, -0.1) is 0 Å². The number of benzene rings is 1. The van der Waals surface area contributed by atoms with E-state index in [2.05, 4.69) is 11.8 Å². The van der Waals surface area contributed by atoms with Crippen LogP contribution in [0.4, 0.5) is 4.39 Å². The fourth-order valence-electron chi connectivity index (χ4n) is 2.53. The largest absolute Gasteiger partial charge is 0.384 e. The second-order valence-electron chi connectivity index (χ2n) is 5.65. The van der Waals surface area contributed by atoms with Crippen LogP contribution in [0.25, 0.3) is 0 Å². The van der Waals surface area contributed by atoms with Gasteiger partial charge in [0.2, 0.25) is 5.91 Å². The Labute approximate surface area is 123 Å². The average molecular weight is 290 g/mol. The van der Waals surface area contributed by atoms with Crippen molar-refractivity contribution < 1.29 is 14.3 Å². The number of rotatable bonds is 3. The maximum Gasteiger partial charge on any atom is 0.224 e. The molecule has 1 heterocycles. The van der Waals surface area contributed by atoms with Gasteiger partial charge in [0, 0.05) is 24.2 Å². The molecule has 112 valence electrons. The van der Waals surface area contributed by atoms with Crippen LogP contribution in [0.1, 0.15) is 24.5 Å². The van der Waals surface area contributed by atoms with Crippen LogP contribution in [0.3, 0.4) is 0 Å². The molecular weight excluding hydrogens is 271 g/mol. The second kappa shape index (κ2) is 6.25. The Hall–Kier alpha value is -1.90. The quantitative estimate of drug-likeness (QED) is 0.812. The normalized spacial score (nSPS) is 21.9. The van der Waals surface area contributed by atoms with Gasteiger partial charge in [0.25, 0.3) is 0 Å². The summed E-state index contributed by atoms with van der Waals surface area (Å²) in [5, 5.41) is 8.62. The van der Waals surface area contributed by atoms with Crippen molar-refractivity contribution in [3.63, 3.8) is 0 Å². The molecule has 0 bridgehead atoms. The van der Waals surface area contributed by atoms with E-state index in [-0.39, 0.29) is 18.3 Å². The van der Waals surface area contributed by atoms with Crippen molar-refractivity contribution in [3.8, 4) is 11.8 Å². The van der Waals surface area contributed by atoms with Crippen molar-refractivity contribution >= 4 is 5.91 Å². The van der Waals surface area contributed by atoms with Crippen molar-refractivity contribution in [1.29, 1.82) is 0 Å². The van der Waals surface area contributed by atoms with E-state index in [0.29, 0.717) is 30.6 Å². The number of nitrogens with zero attached hydrogens (tertiary/aromatic N) is 1. The van der Waals surface area contributed by atoms with Gasteiger partial charge in [-0.2, -0.15) is 0 Å². The Bertz CT molecular complexity index is 606. The van der Waals surface area contributed by atoms with E-state index in [1.165, 1.54) is 6.07 Å². The Morgan fingerprint density at radius 2 is 2.33 bits per heavy atom. The highest BCUT2D eigenvalue weighted by atomic mass is 19.1. The minimum atomic E-state index is -0.525. The van der Waals surface area contributed by atoms with E-state index < -0.39 is 5.41 Å². The molecule has 1 aromatic rings. The molecule has 2 rings (SSSR count). The predicted molar refractivity (Wildman–Crippen MR) is 77.6 cm³/mol. The zero-order chi connectivity index (χ0) is 15.5. The number of aliphatic hydroxyl groups is 1. The van der Waals surface area contributed by atoms with Crippen LogP contribution in [0.2, 0.25) is 0 Å². The molecule has 1 saturated heterocycles. The van der Waals surface area contributed by atoms with Crippen molar-refractivity contribution in [3.05, 3.63) is 35.1 Å². The lowest BCUT2D eigenvalue weighted by atomic mass is 9.89. The third-order valence-electron chi connectivity index (χ3n) is 3.91. The van der Waals surface area contributed by atoms with Gasteiger partial charge >= 0.3 is 0 Å². The Balaban J connectivity index is 2.06. The van der Waals surface area contributed by atoms with Crippen molar-refractivity contribution in [1.82, 2.24) is 4.90 Å². The molecular formula is C16H19FN2O2. The molecule has 1 aliphatic heterocycles. The van der Waals surface area contributed by atoms with E-state index in [9.17, 15) is 9.18 Å². The number of halogens is 1. The summed E-state index contributed by atoms with van der Waals surface area (Å²) in [7, 11) is 0. The summed E-state index contributed by atoms with van der Waals surface area (Å²) in [6.07, 6.45) is 0.698. The van der Waals surface area contributed by atoms with Gasteiger partial charge in [-0.25, -0.2) is 4.39 Å². The van der Waals surface area contributed by atoms with E-state index in [4.69, 9.17) is 10.8 Å². The van der Waals surface area contributed by atoms with Gasteiger partial charge in [0.15, 0.2) is 0 Å². The Kier molecular flexibility index (Phi) is 4.61. The zero-order valence-corrected chi connectivity index (χ0v) is 12.0. The molecule has 0 saturated carbocycles. The van der Waals surface area contributed by atoms with E-state index in [0.717, 1.165) is 6.54 Å². The summed E-state index contributed by atoms with van der Waals surface area (Å²) in [5.41, 5.74) is 5.99. The van der Waals surface area contributed by atoms with Gasteiger partial charge in [-0.1, -0.05) is 17.9 Å². The summed E-state index contributed by atoms with van der Waals surface area (Å²) in [6.45, 7) is 3.32. The third kappa shape index (κ3) is 3.60. The summed E-state index contributed by atoms with van der Waals surface area (Å²) in [5.74, 6) is 4.52. The first-order valence-electron chi connectivity index (χ1n) is 6.85. The minimum absolute atomic E-state index is 0.247. The van der Waals surface area contributed by atoms with Gasteiger partial charge in [-0.3, -0.25) is 9.69 Å². The van der Waals surface area contributed by atoms with E-state index in [1.807, 2.05) is 11.8 Å². The van der Waals surface area contributed by atoms with Crippen molar-refractivity contribution in [2.45, 2.75) is 19.9 Å². The smallest absolute Gasteiger partial charge is 0.224 e. The van der Waals surface area contributed by atoms with Crippen molar-refractivity contribution in [2.24, 2.45) is 11.1 Å². The van der Waals surface area contributed by atoms with Gasteiger partial charge < -0.3 is 10.8 Å². The number of hydrogen-bond acceptors (Lipinski definition) is 3. The summed E-state index contributed by atoms with van der Waals surface area (Å²) >= 11 is 0. The fraction of sp³-hybridized carbons (Fsp3) is 0.438. The molecule has 4 nitrogen and oxygen atoms in total. The Morgan fingerprint density at radius 3 is 2.90 bits per heavy atom. The number of amides is 1. The first kappa shape index (κ1) is 15.5. The molecule has 1 aromatic carbocycles. The molecule has 1 fully saturated rings. The van der Waals surface area contributed by atoms with Crippen LogP contribution in [0, 0.1) is 23.1 Å². The zero-order valence-electron chi connectivity index (χ0n) is 12.0. The van der Waals surface area contributed by atoms with Gasteiger partial charge in [-0.05, 0) is 32.0 Å². The summed E-state index contributed by atoms with van der Waals surface area (Å²) in [6, 6.07) is 4.78. The van der Waals surface area contributed by atoms with Crippen LogP contribution in [-0.2, 0) is 11.3 Å². The van der Waals surface area contributed by atoms with Crippen LogP contribution in [0.5, 0.6) is 0 Å². The SMILES string of the molecule is CC1(C(N)=O)CCN(Cc2ccc(C#CCO)cc2F)C1. The number of aliphatic hydroxyl groups excluding tert-OH is 1. The lowest BCUT2D eigenvalue weighted by Gasteiger charge is -2.21. The molecule has 0 spiro atoms. The number of primary amides is 1. The third-order valence-corrected chi connectivity index (χ3v) is 3.91. The highest BCUT2D eigenvalue weighted by Gasteiger charge is 2.38. The first-order chi connectivity index (χ1) is 9.94. The molecule has 1 aliphatic rings. The van der Waals surface area contributed by atoms with E-state index >= 15 is 0 Å². The van der Waals surface area contributed by atoms with Crippen LogP contribution < -0.4 is 5.73 Å². The molecule has 0 radical (unpaired) electrons. The molecule has 1 amide bonds. The van der Waals surface area contributed by atoms with Gasteiger partial charge in [0.1, 0.15) is 12.4 Å². The minimum Gasteiger partial charge on any atom is -0.384 e. The van der Waals surface area contributed by atoms with Crippen LogP contribution in [0.15, 0.2) is 18.2 Å². The highest BCUT2D eigenvalue weighted by Crippen LogP contribution is 2.30. The lowest BCUT2D eigenvalue weighted by Crippen LogP contribution is -2.37. The first-order valence-corrected chi connectivity index (χ1v) is 6.85. The number of hydrogen-bond donors (Lipinski definition) is 2.